The highest BCUT2D eigenvalue weighted by atomic mass is 35.5. The molecule has 1 amide bonds. The van der Waals surface area contributed by atoms with Crippen LogP contribution in [0.2, 0.25) is 5.02 Å². The average Bonchev–Trinajstić information content (AvgIpc) is 3.22. The summed E-state index contributed by atoms with van der Waals surface area (Å²) in [6.07, 6.45) is 3.22. The molecule has 0 spiro atoms. The van der Waals surface area contributed by atoms with Crippen molar-refractivity contribution >= 4 is 40.0 Å². The lowest BCUT2D eigenvalue weighted by Gasteiger charge is -2.43. The Morgan fingerprint density at radius 3 is 2.65 bits per heavy atom. The maximum Gasteiger partial charge on any atom is 0.226 e. The Labute approximate surface area is 203 Å². The third-order valence-corrected chi connectivity index (χ3v) is 7.55. The zero-order chi connectivity index (χ0) is 23.4. The quantitative estimate of drug-likeness (QED) is 0.429. The minimum Gasteiger partial charge on any atom is -0.338 e. The van der Waals surface area contributed by atoms with Crippen molar-refractivity contribution in [3.63, 3.8) is 0 Å². The highest BCUT2D eigenvalue weighted by molar-refractivity contribution is 6.31. The molecule has 3 heterocycles. The SMILES string of the molecule is Cc1ccccc1-c1nnc2c3ccc(Cl)cc3nc(N3CCN(C(=O)C4CCC4)[C@H](C)C3)n12. The van der Waals surface area contributed by atoms with Gasteiger partial charge in [-0.05, 0) is 50.5 Å². The third-order valence-electron chi connectivity index (χ3n) is 7.32. The predicted octanol–water partition coefficient (Wildman–Crippen LogP) is 4.74. The number of anilines is 1. The number of carbonyl (C=O) groups is 1. The van der Waals surface area contributed by atoms with Crippen molar-refractivity contribution in [3.05, 3.63) is 53.1 Å². The van der Waals surface area contributed by atoms with Crippen LogP contribution in [0.1, 0.15) is 31.7 Å². The van der Waals surface area contributed by atoms with Gasteiger partial charge < -0.3 is 9.80 Å². The molecule has 2 aromatic heterocycles. The lowest BCUT2D eigenvalue weighted by atomic mass is 9.84. The fourth-order valence-corrected chi connectivity index (χ4v) is 5.33. The maximum atomic E-state index is 12.9. The summed E-state index contributed by atoms with van der Waals surface area (Å²) in [6, 6.07) is 14.0. The number of carbonyl (C=O) groups excluding carboxylic acids is 1. The summed E-state index contributed by atoms with van der Waals surface area (Å²) in [5.41, 5.74) is 3.70. The zero-order valence-electron chi connectivity index (χ0n) is 19.4. The van der Waals surface area contributed by atoms with E-state index in [0.717, 1.165) is 52.3 Å². The fraction of sp³-hybridized carbons (Fsp3) is 0.385. The molecule has 2 aromatic carbocycles. The molecule has 34 heavy (non-hydrogen) atoms. The van der Waals surface area contributed by atoms with Gasteiger partial charge >= 0.3 is 0 Å². The van der Waals surface area contributed by atoms with Gasteiger partial charge in [-0.1, -0.05) is 42.3 Å². The molecular weight excluding hydrogens is 448 g/mol. The first kappa shape index (κ1) is 21.4. The van der Waals surface area contributed by atoms with Gasteiger partial charge in [-0.15, -0.1) is 10.2 Å². The largest absolute Gasteiger partial charge is 0.338 e. The van der Waals surface area contributed by atoms with Crippen LogP contribution in [0.4, 0.5) is 5.95 Å². The van der Waals surface area contributed by atoms with Gasteiger partial charge in [-0.25, -0.2) is 9.38 Å². The summed E-state index contributed by atoms with van der Waals surface area (Å²) in [7, 11) is 0. The number of fused-ring (bicyclic) bond motifs is 3. The number of hydrogen-bond donors (Lipinski definition) is 0. The molecule has 1 saturated heterocycles. The van der Waals surface area contributed by atoms with Crippen LogP contribution in [0.15, 0.2) is 42.5 Å². The van der Waals surface area contributed by atoms with E-state index in [1.54, 1.807) is 0 Å². The van der Waals surface area contributed by atoms with Crippen LogP contribution in [-0.4, -0.2) is 56.1 Å². The smallest absolute Gasteiger partial charge is 0.226 e. The lowest BCUT2D eigenvalue weighted by molar-refractivity contribution is -0.140. The third kappa shape index (κ3) is 3.41. The van der Waals surface area contributed by atoms with Crippen molar-refractivity contribution in [3.8, 4) is 11.4 Å². The van der Waals surface area contributed by atoms with Crippen LogP contribution in [0, 0.1) is 12.8 Å². The number of amides is 1. The molecule has 174 valence electrons. The number of nitrogens with zero attached hydrogens (tertiary/aromatic N) is 6. The second-order valence-electron chi connectivity index (χ2n) is 9.53. The molecule has 8 heteroatoms. The number of aromatic nitrogens is 4. The molecule has 2 aliphatic rings. The van der Waals surface area contributed by atoms with Gasteiger partial charge in [-0.3, -0.25) is 4.79 Å². The topological polar surface area (TPSA) is 66.6 Å². The standard InChI is InChI=1S/C26H27ClN6O/c1-16-6-3-4-9-20(16)23-29-30-24-21-11-10-19(27)14-22(21)28-26(33(23)24)31-12-13-32(17(2)15-31)25(34)18-7-5-8-18/h3-4,6,9-11,14,17-18H,5,7-8,12-13,15H2,1-2H3/t17-/m1/s1. The van der Waals surface area contributed by atoms with Gasteiger partial charge in [0.05, 0.1) is 5.52 Å². The van der Waals surface area contributed by atoms with Crippen molar-refractivity contribution < 1.29 is 4.79 Å². The van der Waals surface area contributed by atoms with Crippen LogP contribution >= 0.6 is 11.6 Å². The predicted molar refractivity (Wildman–Crippen MR) is 134 cm³/mol. The highest BCUT2D eigenvalue weighted by Gasteiger charge is 2.35. The second kappa shape index (κ2) is 8.24. The Balaban J connectivity index is 1.47. The molecular formula is C26H27ClN6O. The van der Waals surface area contributed by atoms with Crippen molar-refractivity contribution in [1.82, 2.24) is 24.5 Å². The Hall–Kier alpha value is -3.19. The summed E-state index contributed by atoms with van der Waals surface area (Å²) in [6.45, 7) is 6.32. The van der Waals surface area contributed by atoms with Crippen molar-refractivity contribution in [2.45, 2.75) is 39.2 Å². The summed E-state index contributed by atoms with van der Waals surface area (Å²) in [5.74, 6) is 2.09. The summed E-state index contributed by atoms with van der Waals surface area (Å²) in [5, 5.41) is 10.7. The Bertz CT molecular complexity index is 1410. The number of halogens is 1. The first-order valence-corrected chi connectivity index (χ1v) is 12.3. The lowest BCUT2D eigenvalue weighted by Crippen LogP contribution is -2.56. The molecule has 4 aromatic rings. The molecule has 1 saturated carbocycles. The van der Waals surface area contributed by atoms with E-state index in [9.17, 15) is 4.79 Å². The monoisotopic (exact) mass is 474 g/mol. The molecule has 1 aliphatic carbocycles. The van der Waals surface area contributed by atoms with E-state index in [1.807, 2.05) is 30.3 Å². The molecule has 1 atom stereocenters. The summed E-state index contributed by atoms with van der Waals surface area (Å²) >= 11 is 6.32. The normalized spacial score (nSPS) is 19.1. The van der Waals surface area contributed by atoms with Crippen LogP contribution in [-0.2, 0) is 4.79 Å². The van der Waals surface area contributed by atoms with Gasteiger partial charge in [0.25, 0.3) is 0 Å². The van der Waals surface area contributed by atoms with Gasteiger partial charge in [-0.2, -0.15) is 0 Å². The highest BCUT2D eigenvalue weighted by Crippen LogP contribution is 2.33. The molecule has 1 aliphatic heterocycles. The van der Waals surface area contributed by atoms with E-state index in [2.05, 4.69) is 50.4 Å². The number of aryl methyl sites for hydroxylation is 1. The van der Waals surface area contributed by atoms with Gasteiger partial charge in [0, 0.05) is 47.6 Å². The number of benzene rings is 2. The molecule has 7 nitrogen and oxygen atoms in total. The maximum absolute atomic E-state index is 12.9. The van der Waals surface area contributed by atoms with Crippen LogP contribution < -0.4 is 4.90 Å². The van der Waals surface area contributed by atoms with E-state index in [4.69, 9.17) is 16.6 Å². The minimum absolute atomic E-state index is 0.104. The first-order valence-electron chi connectivity index (χ1n) is 12.0. The van der Waals surface area contributed by atoms with Crippen LogP contribution in [0.25, 0.3) is 27.9 Å². The minimum atomic E-state index is 0.104. The fourth-order valence-electron chi connectivity index (χ4n) is 5.16. The Morgan fingerprint density at radius 1 is 1.09 bits per heavy atom. The van der Waals surface area contributed by atoms with Gasteiger partial charge in [0.15, 0.2) is 11.5 Å². The number of hydrogen-bond acceptors (Lipinski definition) is 5. The second-order valence-corrected chi connectivity index (χ2v) is 9.96. The summed E-state index contributed by atoms with van der Waals surface area (Å²) in [4.78, 5) is 22.3. The van der Waals surface area contributed by atoms with Crippen molar-refractivity contribution in [2.24, 2.45) is 5.92 Å². The molecule has 2 fully saturated rings. The molecule has 0 radical (unpaired) electrons. The van der Waals surface area contributed by atoms with Gasteiger partial charge in [0.2, 0.25) is 11.9 Å². The molecule has 0 N–H and O–H groups in total. The van der Waals surface area contributed by atoms with Crippen molar-refractivity contribution in [2.75, 3.05) is 24.5 Å². The van der Waals surface area contributed by atoms with Crippen LogP contribution in [0.5, 0.6) is 0 Å². The average molecular weight is 475 g/mol. The van der Waals surface area contributed by atoms with E-state index in [1.165, 1.54) is 6.42 Å². The van der Waals surface area contributed by atoms with E-state index in [-0.39, 0.29) is 12.0 Å². The van der Waals surface area contributed by atoms with Gasteiger partial charge in [0.1, 0.15) is 0 Å². The van der Waals surface area contributed by atoms with Crippen LogP contribution in [0.3, 0.4) is 0 Å². The Morgan fingerprint density at radius 2 is 1.91 bits per heavy atom. The van der Waals surface area contributed by atoms with Crippen molar-refractivity contribution in [1.29, 1.82) is 0 Å². The van der Waals surface area contributed by atoms with E-state index >= 15 is 0 Å². The molecule has 6 rings (SSSR count). The molecule has 0 bridgehead atoms. The Kier molecular flexibility index (Phi) is 5.17. The number of rotatable bonds is 3. The first-order chi connectivity index (χ1) is 16.5. The van der Waals surface area contributed by atoms with E-state index in [0.29, 0.717) is 30.6 Å². The van der Waals surface area contributed by atoms with E-state index < -0.39 is 0 Å². The number of piperazine rings is 1. The zero-order valence-corrected chi connectivity index (χ0v) is 20.2. The molecule has 0 unspecified atom stereocenters. The summed E-state index contributed by atoms with van der Waals surface area (Å²) < 4.78 is 2.06.